The normalized spacial score (nSPS) is 17.9. The second-order valence-corrected chi connectivity index (χ2v) is 5.79. The van der Waals surface area contributed by atoms with Crippen LogP contribution in [0.4, 0.5) is 0 Å². The maximum absolute atomic E-state index is 9.75. The minimum atomic E-state index is -0.561. The number of hydrogen-bond acceptors (Lipinski definition) is 4. The molecule has 0 bridgehead atoms. The first-order valence-corrected chi connectivity index (χ1v) is 7.42. The van der Waals surface area contributed by atoms with Gasteiger partial charge in [0.05, 0.1) is 25.4 Å². The van der Waals surface area contributed by atoms with Crippen LogP contribution in [0.1, 0.15) is 18.4 Å². The number of hydrogen-bond donors (Lipinski definition) is 3. The van der Waals surface area contributed by atoms with Crippen molar-refractivity contribution < 1.29 is 14.9 Å². The highest BCUT2D eigenvalue weighted by Gasteiger charge is 2.29. The molecular weight excluding hydrogens is 278 g/mol. The third-order valence-corrected chi connectivity index (χ3v) is 3.64. The largest absolute Gasteiger partial charge is 0.392 e. The van der Waals surface area contributed by atoms with Crippen molar-refractivity contribution in [3.63, 3.8) is 0 Å². The van der Waals surface area contributed by atoms with Crippen LogP contribution >= 0.6 is 11.6 Å². The third-order valence-electron chi connectivity index (χ3n) is 3.39. The van der Waals surface area contributed by atoms with Crippen LogP contribution in [0.5, 0.6) is 0 Å². The lowest BCUT2D eigenvalue weighted by atomic mass is 10.2. The smallest absolute Gasteiger partial charge is 0.0897 e. The van der Waals surface area contributed by atoms with Crippen molar-refractivity contribution in [3.8, 4) is 0 Å². The number of nitrogens with one attached hydrogen (secondary N) is 1. The highest BCUT2D eigenvalue weighted by atomic mass is 35.5. The van der Waals surface area contributed by atoms with Gasteiger partial charge in [0.2, 0.25) is 0 Å². The van der Waals surface area contributed by atoms with Crippen LogP contribution in [0.3, 0.4) is 0 Å². The van der Waals surface area contributed by atoms with E-state index in [0.717, 1.165) is 18.4 Å². The fraction of sp³-hybridized carbons (Fsp3) is 0.600. The Bertz CT molecular complexity index is 395. The number of aliphatic hydroxyl groups is 2. The van der Waals surface area contributed by atoms with Gasteiger partial charge in [0.25, 0.3) is 0 Å². The average Bonchev–Trinajstić information content (AvgIpc) is 3.25. The van der Waals surface area contributed by atoms with Crippen molar-refractivity contribution in [2.75, 3.05) is 19.7 Å². The van der Waals surface area contributed by atoms with E-state index >= 15 is 0 Å². The molecule has 0 amide bonds. The Morgan fingerprint density at radius 1 is 1.20 bits per heavy atom. The third kappa shape index (κ3) is 5.77. The lowest BCUT2D eigenvalue weighted by Crippen LogP contribution is -2.35. The maximum Gasteiger partial charge on any atom is 0.0897 e. The average molecular weight is 300 g/mol. The molecule has 1 fully saturated rings. The quantitative estimate of drug-likeness (QED) is 0.648. The molecule has 112 valence electrons. The summed E-state index contributed by atoms with van der Waals surface area (Å²) >= 11 is 5.80. The van der Waals surface area contributed by atoms with E-state index in [1.165, 1.54) is 0 Å². The van der Waals surface area contributed by atoms with E-state index in [9.17, 15) is 10.2 Å². The van der Waals surface area contributed by atoms with Gasteiger partial charge >= 0.3 is 0 Å². The van der Waals surface area contributed by atoms with Gasteiger partial charge in [-0.15, -0.1) is 0 Å². The van der Waals surface area contributed by atoms with Crippen molar-refractivity contribution in [1.82, 2.24) is 5.32 Å². The molecule has 0 aliphatic heterocycles. The van der Waals surface area contributed by atoms with Gasteiger partial charge in [-0.05, 0) is 36.5 Å². The molecular formula is C15H22ClNO3. The summed E-state index contributed by atoms with van der Waals surface area (Å²) in [5.41, 5.74) is 1.03. The summed E-state index contributed by atoms with van der Waals surface area (Å²) in [4.78, 5) is 0. The fourth-order valence-electron chi connectivity index (χ4n) is 2.00. The zero-order valence-electron chi connectivity index (χ0n) is 11.5. The molecule has 20 heavy (non-hydrogen) atoms. The Labute approximate surface area is 124 Å². The summed E-state index contributed by atoms with van der Waals surface area (Å²) < 4.78 is 5.44. The van der Waals surface area contributed by atoms with Crippen LogP contribution in [0, 0.1) is 5.92 Å². The van der Waals surface area contributed by atoms with E-state index in [4.69, 9.17) is 16.3 Å². The molecule has 3 N–H and O–H groups in total. The first kappa shape index (κ1) is 15.7. The minimum absolute atomic E-state index is 0.273. The van der Waals surface area contributed by atoms with E-state index in [0.29, 0.717) is 30.6 Å². The van der Waals surface area contributed by atoms with Crippen molar-refractivity contribution in [3.05, 3.63) is 34.9 Å². The van der Waals surface area contributed by atoms with Gasteiger partial charge in [-0.25, -0.2) is 0 Å². The van der Waals surface area contributed by atoms with Crippen molar-refractivity contribution in [2.24, 2.45) is 5.92 Å². The van der Waals surface area contributed by atoms with Gasteiger partial charge in [-0.3, -0.25) is 0 Å². The van der Waals surface area contributed by atoms with Crippen LogP contribution in [-0.2, 0) is 11.3 Å². The summed E-state index contributed by atoms with van der Waals surface area (Å²) in [5.74, 6) is 0.459. The zero-order valence-corrected chi connectivity index (χ0v) is 12.2. The molecule has 2 rings (SSSR count). The van der Waals surface area contributed by atoms with Crippen LogP contribution in [0.15, 0.2) is 24.3 Å². The fourth-order valence-corrected chi connectivity index (χ4v) is 2.12. The summed E-state index contributed by atoms with van der Waals surface area (Å²) in [6.07, 6.45) is 1.40. The zero-order chi connectivity index (χ0) is 14.4. The molecule has 5 heteroatoms. The number of benzene rings is 1. The van der Waals surface area contributed by atoms with Gasteiger partial charge < -0.3 is 20.3 Å². The van der Waals surface area contributed by atoms with Gasteiger partial charge in [0, 0.05) is 18.1 Å². The van der Waals surface area contributed by atoms with E-state index in [1.807, 2.05) is 24.3 Å². The summed E-state index contributed by atoms with van der Waals surface area (Å²) in [6, 6.07) is 7.44. The molecule has 4 nitrogen and oxygen atoms in total. The topological polar surface area (TPSA) is 61.7 Å². The first-order valence-electron chi connectivity index (χ1n) is 7.04. The van der Waals surface area contributed by atoms with Crippen molar-refractivity contribution in [2.45, 2.75) is 31.7 Å². The molecule has 0 saturated heterocycles. The number of ether oxygens (including phenoxy) is 1. The molecule has 0 heterocycles. The number of aliphatic hydroxyl groups excluding tert-OH is 2. The van der Waals surface area contributed by atoms with E-state index in [-0.39, 0.29) is 12.7 Å². The number of rotatable bonds is 9. The van der Waals surface area contributed by atoms with Crippen LogP contribution < -0.4 is 5.32 Å². The monoisotopic (exact) mass is 299 g/mol. The van der Waals surface area contributed by atoms with Crippen LogP contribution in [-0.4, -0.2) is 42.1 Å². The molecule has 1 aromatic carbocycles. The molecule has 2 unspecified atom stereocenters. The summed E-state index contributed by atoms with van der Waals surface area (Å²) in [6.45, 7) is 1.71. The molecule has 0 spiro atoms. The molecule has 1 aliphatic carbocycles. The Kier molecular flexibility index (Phi) is 6.26. The lowest BCUT2D eigenvalue weighted by Gasteiger charge is -2.14. The van der Waals surface area contributed by atoms with Gasteiger partial charge in [0.15, 0.2) is 0 Å². The van der Waals surface area contributed by atoms with Gasteiger partial charge in [-0.2, -0.15) is 0 Å². The Morgan fingerprint density at radius 3 is 2.55 bits per heavy atom. The van der Waals surface area contributed by atoms with Crippen molar-refractivity contribution in [1.29, 1.82) is 0 Å². The number of halogens is 1. The van der Waals surface area contributed by atoms with E-state index < -0.39 is 6.10 Å². The molecule has 0 aromatic heterocycles. The van der Waals surface area contributed by atoms with Crippen LogP contribution in [0.25, 0.3) is 0 Å². The SMILES string of the molecule is OC(CNCC(O)C1CC1)COCc1ccc(Cl)cc1. The summed E-state index contributed by atoms with van der Waals surface area (Å²) in [5, 5.41) is 23.2. The predicted molar refractivity (Wildman–Crippen MR) is 78.7 cm³/mol. The molecule has 0 radical (unpaired) electrons. The second kappa shape index (κ2) is 7.96. The van der Waals surface area contributed by atoms with Gasteiger partial charge in [0.1, 0.15) is 0 Å². The van der Waals surface area contributed by atoms with Gasteiger partial charge in [-0.1, -0.05) is 23.7 Å². The Hall–Kier alpha value is -0.650. The van der Waals surface area contributed by atoms with Crippen LogP contribution in [0.2, 0.25) is 5.02 Å². The molecule has 1 aliphatic rings. The predicted octanol–water partition coefficient (Wildman–Crippen LogP) is 1.58. The molecule has 1 aromatic rings. The second-order valence-electron chi connectivity index (χ2n) is 5.36. The van der Waals surface area contributed by atoms with E-state index in [2.05, 4.69) is 5.32 Å². The maximum atomic E-state index is 9.75. The molecule has 2 atom stereocenters. The Morgan fingerprint density at radius 2 is 1.90 bits per heavy atom. The highest BCUT2D eigenvalue weighted by molar-refractivity contribution is 6.30. The van der Waals surface area contributed by atoms with Crippen molar-refractivity contribution >= 4 is 11.6 Å². The summed E-state index contributed by atoms with van der Waals surface area (Å²) in [7, 11) is 0. The standard InChI is InChI=1S/C15H22ClNO3/c16-13-5-1-11(2-6-13)9-20-10-14(18)7-17-8-15(19)12-3-4-12/h1-2,5-6,12,14-15,17-19H,3-4,7-10H2. The molecule has 1 saturated carbocycles. The minimum Gasteiger partial charge on any atom is -0.392 e. The van der Waals surface area contributed by atoms with E-state index in [1.54, 1.807) is 0 Å². The Balaban J connectivity index is 1.53. The first-order chi connectivity index (χ1) is 9.65. The lowest BCUT2D eigenvalue weighted by molar-refractivity contribution is 0.0270. The highest BCUT2D eigenvalue weighted by Crippen LogP contribution is 2.32.